The third kappa shape index (κ3) is 5.24. The van der Waals surface area contributed by atoms with Crippen LogP contribution in [0.1, 0.15) is 16.1 Å². The summed E-state index contributed by atoms with van der Waals surface area (Å²) in [6.07, 6.45) is 1.49. The normalized spacial score (nSPS) is 10.0. The van der Waals surface area contributed by atoms with Crippen molar-refractivity contribution in [1.29, 1.82) is 0 Å². The van der Waals surface area contributed by atoms with Gasteiger partial charge in [0.25, 0.3) is 5.91 Å². The molecular formula is C16H16FN3O4. The predicted octanol–water partition coefficient (Wildman–Crippen LogP) is 0.581. The van der Waals surface area contributed by atoms with Gasteiger partial charge in [-0.2, -0.15) is 0 Å². The maximum Gasteiger partial charge on any atom is 0.254 e. The molecular weight excluding hydrogens is 317 g/mol. The van der Waals surface area contributed by atoms with Crippen LogP contribution in [0.25, 0.3) is 0 Å². The summed E-state index contributed by atoms with van der Waals surface area (Å²) < 4.78 is 18.4. The summed E-state index contributed by atoms with van der Waals surface area (Å²) in [7, 11) is 0. The minimum absolute atomic E-state index is 0.151. The molecule has 126 valence electrons. The number of rotatable bonds is 7. The van der Waals surface area contributed by atoms with E-state index in [9.17, 15) is 18.8 Å². The maximum atomic E-state index is 13.4. The molecule has 0 aliphatic heterocycles. The largest absolute Gasteiger partial charge is 0.467 e. The number of benzene rings is 1. The number of furan rings is 1. The molecule has 0 atom stereocenters. The lowest BCUT2D eigenvalue weighted by Gasteiger charge is -2.08. The molecule has 0 saturated heterocycles. The molecule has 8 heteroatoms. The predicted molar refractivity (Wildman–Crippen MR) is 82.3 cm³/mol. The smallest absolute Gasteiger partial charge is 0.254 e. The highest BCUT2D eigenvalue weighted by molar-refractivity contribution is 5.97. The van der Waals surface area contributed by atoms with Crippen molar-refractivity contribution >= 4 is 17.7 Å². The van der Waals surface area contributed by atoms with Gasteiger partial charge in [-0.25, -0.2) is 4.39 Å². The Labute approximate surface area is 137 Å². The summed E-state index contributed by atoms with van der Waals surface area (Å²) in [6.45, 7) is -0.389. The van der Waals surface area contributed by atoms with Crippen LogP contribution in [0.4, 0.5) is 4.39 Å². The zero-order chi connectivity index (χ0) is 17.4. The fourth-order valence-electron chi connectivity index (χ4n) is 1.80. The molecule has 2 rings (SSSR count). The second-order valence-corrected chi connectivity index (χ2v) is 4.80. The van der Waals surface area contributed by atoms with Gasteiger partial charge in [-0.1, -0.05) is 12.1 Å². The summed E-state index contributed by atoms with van der Waals surface area (Å²) in [6, 6.07) is 8.84. The van der Waals surface area contributed by atoms with E-state index < -0.39 is 23.5 Å². The molecule has 0 unspecified atom stereocenters. The standard InChI is InChI=1S/C16H16FN3O4/c17-13-6-2-1-5-12(13)16(23)20-10-15(22)19-9-14(21)18-8-11-4-3-7-24-11/h1-7H,8-10H2,(H,18,21)(H,19,22)(H,20,23). The van der Waals surface area contributed by atoms with E-state index in [1.54, 1.807) is 12.1 Å². The molecule has 7 nitrogen and oxygen atoms in total. The van der Waals surface area contributed by atoms with Crippen molar-refractivity contribution in [3.8, 4) is 0 Å². The number of halogens is 1. The molecule has 3 amide bonds. The zero-order valence-electron chi connectivity index (χ0n) is 12.7. The summed E-state index contributed by atoms with van der Waals surface area (Å²) in [5.41, 5.74) is -0.151. The average Bonchev–Trinajstić information content (AvgIpc) is 3.10. The van der Waals surface area contributed by atoms with E-state index >= 15 is 0 Å². The lowest BCUT2D eigenvalue weighted by Crippen LogP contribution is -2.41. The third-order valence-corrected chi connectivity index (χ3v) is 3.01. The van der Waals surface area contributed by atoms with E-state index in [-0.39, 0.29) is 25.2 Å². The highest BCUT2D eigenvalue weighted by atomic mass is 19.1. The first-order valence-corrected chi connectivity index (χ1v) is 7.15. The van der Waals surface area contributed by atoms with Gasteiger partial charge in [-0.15, -0.1) is 0 Å². The average molecular weight is 333 g/mol. The maximum absolute atomic E-state index is 13.4. The summed E-state index contributed by atoms with van der Waals surface area (Å²) in [4.78, 5) is 34.8. The van der Waals surface area contributed by atoms with E-state index in [1.807, 2.05) is 0 Å². The Morgan fingerprint density at radius 1 is 0.917 bits per heavy atom. The van der Waals surface area contributed by atoms with E-state index in [1.165, 1.54) is 24.5 Å². The lowest BCUT2D eigenvalue weighted by molar-refractivity contribution is -0.125. The van der Waals surface area contributed by atoms with Crippen LogP contribution in [-0.4, -0.2) is 30.8 Å². The van der Waals surface area contributed by atoms with Crippen LogP contribution in [0.3, 0.4) is 0 Å². The van der Waals surface area contributed by atoms with Crippen LogP contribution in [0, 0.1) is 5.82 Å². The molecule has 1 aromatic heterocycles. The van der Waals surface area contributed by atoms with Crippen molar-refractivity contribution < 1.29 is 23.2 Å². The van der Waals surface area contributed by atoms with Crippen molar-refractivity contribution in [2.45, 2.75) is 6.54 Å². The molecule has 24 heavy (non-hydrogen) atoms. The minimum atomic E-state index is -0.703. The molecule has 1 heterocycles. The summed E-state index contributed by atoms with van der Waals surface area (Å²) in [5, 5.41) is 7.18. The second kappa shape index (κ2) is 8.47. The number of nitrogens with one attached hydrogen (secondary N) is 3. The molecule has 0 radical (unpaired) electrons. The first kappa shape index (κ1) is 17.2. The van der Waals surface area contributed by atoms with Gasteiger partial charge in [0.05, 0.1) is 31.5 Å². The highest BCUT2D eigenvalue weighted by Gasteiger charge is 2.12. The molecule has 0 bridgehead atoms. The Kier molecular flexibility index (Phi) is 6.07. The van der Waals surface area contributed by atoms with Gasteiger partial charge in [0.15, 0.2) is 0 Å². The van der Waals surface area contributed by atoms with Gasteiger partial charge in [0.1, 0.15) is 11.6 Å². The van der Waals surface area contributed by atoms with Crippen molar-refractivity contribution in [1.82, 2.24) is 16.0 Å². The third-order valence-electron chi connectivity index (χ3n) is 3.01. The van der Waals surface area contributed by atoms with Crippen LogP contribution >= 0.6 is 0 Å². The van der Waals surface area contributed by atoms with Gasteiger partial charge in [-0.3, -0.25) is 14.4 Å². The highest BCUT2D eigenvalue weighted by Crippen LogP contribution is 2.05. The molecule has 0 spiro atoms. The van der Waals surface area contributed by atoms with Crippen molar-refractivity contribution in [3.05, 3.63) is 59.8 Å². The second-order valence-electron chi connectivity index (χ2n) is 4.80. The van der Waals surface area contributed by atoms with Gasteiger partial charge < -0.3 is 20.4 Å². The number of carbonyl (C=O) groups excluding carboxylic acids is 3. The van der Waals surface area contributed by atoms with E-state index in [0.717, 1.165) is 6.07 Å². The Bertz CT molecular complexity index is 716. The van der Waals surface area contributed by atoms with Gasteiger partial charge in [0.2, 0.25) is 11.8 Å². The Morgan fingerprint density at radius 3 is 2.33 bits per heavy atom. The SMILES string of the molecule is O=C(CNC(=O)CNC(=O)c1ccccc1F)NCc1ccco1. The molecule has 0 aliphatic rings. The minimum Gasteiger partial charge on any atom is -0.467 e. The summed E-state index contributed by atoms with van der Waals surface area (Å²) in [5.74, 6) is -1.75. The number of hydrogen-bond donors (Lipinski definition) is 3. The number of carbonyl (C=O) groups is 3. The molecule has 0 aliphatic carbocycles. The van der Waals surface area contributed by atoms with Crippen molar-refractivity contribution in [3.63, 3.8) is 0 Å². The topological polar surface area (TPSA) is 100 Å². The van der Waals surface area contributed by atoms with Crippen molar-refractivity contribution in [2.75, 3.05) is 13.1 Å². The Hall–Kier alpha value is -3.16. The number of hydrogen-bond acceptors (Lipinski definition) is 4. The van der Waals surface area contributed by atoms with Crippen LogP contribution in [0.2, 0.25) is 0 Å². The first-order chi connectivity index (χ1) is 11.6. The van der Waals surface area contributed by atoms with Crippen LogP contribution in [0.5, 0.6) is 0 Å². The number of amides is 3. The quantitative estimate of drug-likeness (QED) is 0.690. The molecule has 3 N–H and O–H groups in total. The summed E-state index contributed by atoms with van der Waals surface area (Å²) >= 11 is 0. The van der Waals surface area contributed by atoms with E-state index in [2.05, 4.69) is 16.0 Å². The van der Waals surface area contributed by atoms with Crippen molar-refractivity contribution in [2.24, 2.45) is 0 Å². The fraction of sp³-hybridized carbons (Fsp3) is 0.188. The molecule has 1 aromatic carbocycles. The van der Waals surface area contributed by atoms with E-state index in [4.69, 9.17) is 4.42 Å². The first-order valence-electron chi connectivity index (χ1n) is 7.15. The molecule has 2 aromatic rings. The Morgan fingerprint density at radius 2 is 1.62 bits per heavy atom. The fourth-order valence-corrected chi connectivity index (χ4v) is 1.80. The van der Waals surface area contributed by atoms with Gasteiger partial charge >= 0.3 is 0 Å². The lowest BCUT2D eigenvalue weighted by atomic mass is 10.2. The van der Waals surface area contributed by atoms with Crippen LogP contribution in [0.15, 0.2) is 47.1 Å². The van der Waals surface area contributed by atoms with Crippen LogP contribution < -0.4 is 16.0 Å². The molecule has 0 saturated carbocycles. The zero-order valence-corrected chi connectivity index (χ0v) is 12.7. The molecule has 0 fully saturated rings. The Balaban J connectivity index is 1.67. The monoisotopic (exact) mass is 333 g/mol. The van der Waals surface area contributed by atoms with Crippen LogP contribution in [-0.2, 0) is 16.1 Å². The van der Waals surface area contributed by atoms with Gasteiger partial charge in [0, 0.05) is 0 Å². The van der Waals surface area contributed by atoms with E-state index in [0.29, 0.717) is 5.76 Å². The van der Waals surface area contributed by atoms with Gasteiger partial charge in [-0.05, 0) is 24.3 Å².